The van der Waals surface area contributed by atoms with Crippen molar-refractivity contribution in [2.45, 2.75) is 6.42 Å². The predicted octanol–water partition coefficient (Wildman–Crippen LogP) is 2.89. The van der Waals surface area contributed by atoms with Gasteiger partial charge in [-0.25, -0.2) is 0 Å². The first-order chi connectivity index (χ1) is 12.2. The third-order valence-corrected chi connectivity index (χ3v) is 3.72. The molecule has 0 aliphatic rings. The van der Waals surface area contributed by atoms with Crippen LogP contribution >= 0.6 is 0 Å². The minimum absolute atomic E-state index is 0.119. The van der Waals surface area contributed by atoms with E-state index in [9.17, 15) is 9.59 Å². The minimum Gasteiger partial charge on any atom is -0.493 e. The van der Waals surface area contributed by atoms with E-state index in [-0.39, 0.29) is 5.91 Å². The summed E-state index contributed by atoms with van der Waals surface area (Å²) in [7, 11) is 3.13. The maximum atomic E-state index is 12.1. The van der Waals surface area contributed by atoms with Crippen LogP contribution in [0.3, 0.4) is 0 Å². The standard InChI is InChI=1S/C20H21NO4/c1-24-18-13-16(9-6-12-22)17(14-19(18)25-2)10-11-21-20(23)15-7-4-3-5-8-15/h3-9,12-14H,10-11H2,1-2H3,(H,21,23)/b9-6+. The number of allylic oxidation sites excluding steroid dienone is 1. The van der Waals surface area contributed by atoms with E-state index in [0.717, 1.165) is 17.4 Å². The van der Waals surface area contributed by atoms with Crippen molar-refractivity contribution < 1.29 is 19.1 Å². The number of rotatable bonds is 8. The third-order valence-electron chi connectivity index (χ3n) is 3.72. The molecule has 2 aromatic rings. The number of carbonyl (C=O) groups excluding carboxylic acids is 2. The highest BCUT2D eigenvalue weighted by Crippen LogP contribution is 2.31. The number of methoxy groups -OCH3 is 2. The minimum atomic E-state index is -0.119. The molecule has 0 unspecified atom stereocenters. The molecule has 0 aromatic heterocycles. The quantitative estimate of drug-likeness (QED) is 0.593. The van der Waals surface area contributed by atoms with E-state index >= 15 is 0 Å². The Balaban J connectivity index is 2.12. The second-order valence-electron chi connectivity index (χ2n) is 5.27. The number of amides is 1. The van der Waals surface area contributed by atoms with Crippen LogP contribution in [0.2, 0.25) is 0 Å². The van der Waals surface area contributed by atoms with Gasteiger partial charge in [-0.2, -0.15) is 0 Å². The normalized spacial score (nSPS) is 10.5. The average molecular weight is 339 g/mol. The molecule has 1 amide bonds. The highest BCUT2D eigenvalue weighted by atomic mass is 16.5. The van der Waals surface area contributed by atoms with E-state index in [2.05, 4.69) is 5.32 Å². The molecule has 25 heavy (non-hydrogen) atoms. The van der Waals surface area contributed by atoms with Crippen LogP contribution in [-0.4, -0.2) is 33.0 Å². The van der Waals surface area contributed by atoms with Crippen molar-refractivity contribution in [1.82, 2.24) is 5.32 Å². The van der Waals surface area contributed by atoms with Gasteiger partial charge < -0.3 is 14.8 Å². The molecule has 0 radical (unpaired) electrons. The van der Waals surface area contributed by atoms with Crippen molar-refractivity contribution in [3.8, 4) is 11.5 Å². The summed E-state index contributed by atoms with van der Waals surface area (Å²) in [6.45, 7) is 0.463. The molecular formula is C20H21NO4. The molecule has 1 N–H and O–H groups in total. The van der Waals surface area contributed by atoms with Crippen LogP contribution in [0, 0.1) is 0 Å². The monoisotopic (exact) mass is 339 g/mol. The van der Waals surface area contributed by atoms with Gasteiger partial charge in [0, 0.05) is 12.1 Å². The smallest absolute Gasteiger partial charge is 0.251 e. The Kier molecular flexibility index (Phi) is 6.77. The van der Waals surface area contributed by atoms with Gasteiger partial charge in [-0.1, -0.05) is 24.3 Å². The van der Waals surface area contributed by atoms with Gasteiger partial charge in [0.25, 0.3) is 5.91 Å². The summed E-state index contributed by atoms with van der Waals surface area (Å²) in [6.07, 6.45) is 4.45. The number of aldehydes is 1. The van der Waals surface area contributed by atoms with Crippen molar-refractivity contribution >= 4 is 18.3 Å². The first kappa shape index (κ1) is 18.3. The van der Waals surface area contributed by atoms with Crippen LogP contribution in [0.4, 0.5) is 0 Å². The second kappa shape index (κ2) is 9.27. The molecule has 0 fully saturated rings. The molecule has 5 heteroatoms. The third kappa shape index (κ3) is 4.94. The number of nitrogens with one attached hydrogen (secondary N) is 1. The first-order valence-electron chi connectivity index (χ1n) is 7.89. The maximum Gasteiger partial charge on any atom is 0.251 e. The summed E-state index contributed by atoms with van der Waals surface area (Å²) in [5.41, 5.74) is 2.42. The summed E-state index contributed by atoms with van der Waals surface area (Å²) in [5.74, 6) is 1.08. The Morgan fingerprint density at radius 2 is 1.76 bits per heavy atom. The fraction of sp³-hybridized carbons (Fsp3) is 0.200. The summed E-state index contributed by atoms with van der Waals surface area (Å²) in [4.78, 5) is 22.7. The van der Waals surface area contributed by atoms with E-state index in [0.29, 0.717) is 30.0 Å². The lowest BCUT2D eigenvalue weighted by Crippen LogP contribution is -2.25. The van der Waals surface area contributed by atoms with Gasteiger partial charge >= 0.3 is 0 Å². The average Bonchev–Trinajstić information content (AvgIpc) is 2.66. The van der Waals surface area contributed by atoms with Crippen molar-refractivity contribution in [1.29, 1.82) is 0 Å². The first-order valence-corrected chi connectivity index (χ1v) is 7.89. The predicted molar refractivity (Wildman–Crippen MR) is 97.1 cm³/mol. The largest absolute Gasteiger partial charge is 0.493 e. The summed E-state index contributed by atoms with van der Waals surface area (Å²) in [5, 5.41) is 2.89. The van der Waals surface area contributed by atoms with Gasteiger partial charge in [0.2, 0.25) is 0 Å². The van der Waals surface area contributed by atoms with Crippen LogP contribution in [0.1, 0.15) is 21.5 Å². The zero-order valence-corrected chi connectivity index (χ0v) is 14.3. The van der Waals surface area contributed by atoms with E-state index in [1.807, 2.05) is 30.3 Å². The van der Waals surface area contributed by atoms with Gasteiger partial charge in [-0.05, 0) is 47.9 Å². The summed E-state index contributed by atoms with van der Waals surface area (Å²) in [6, 6.07) is 12.7. The van der Waals surface area contributed by atoms with E-state index in [4.69, 9.17) is 9.47 Å². The van der Waals surface area contributed by atoms with Crippen LogP contribution in [0.25, 0.3) is 6.08 Å². The highest BCUT2D eigenvalue weighted by Gasteiger charge is 2.10. The van der Waals surface area contributed by atoms with Crippen LogP contribution < -0.4 is 14.8 Å². The molecule has 130 valence electrons. The van der Waals surface area contributed by atoms with Gasteiger partial charge in [0.05, 0.1) is 14.2 Å². The van der Waals surface area contributed by atoms with Crippen molar-refractivity contribution in [2.75, 3.05) is 20.8 Å². The number of hydrogen-bond acceptors (Lipinski definition) is 4. The maximum absolute atomic E-state index is 12.1. The Morgan fingerprint density at radius 1 is 1.08 bits per heavy atom. The molecule has 2 aromatic carbocycles. The van der Waals surface area contributed by atoms with Crippen molar-refractivity contribution in [2.24, 2.45) is 0 Å². The van der Waals surface area contributed by atoms with Gasteiger partial charge in [-0.3, -0.25) is 9.59 Å². The van der Waals surface area contributed by atoms with E-state index in [1.165, 1.54) is 6.08 Å². The molecule has 5 nitrogen and oxygen atoms in total. The van der Waals surface area contributed by atoms with Gasteiger partial charge in [-0.15, -0.1) is 0 Å². The van der Waals surface area contributed by atoms with Crippen LogP contribution in [-0.2, 0) is 11.2 Å². The molecule has 0 saturated carbocycles. The second-order valence-corrected chi connectivity index (χ2v) is 5.27. The Hall–Kier alpha value is -3.08. The zero-order chi connectivity index (χ0) is 18.1. The van der Waals surface area contributed by atoms with E-state index in [1.54, 1.807) is 32.4 Å². The van der Waals surface area contributed by atoms with Crippen LogP contribution in [0.5, 0.6) is 11.5 Å². The number of hydrogen-bond donors (Lipinski definition) is 1. The van der Waals surface area contributed by atoms with Crippen LogP contribution in [0.15, 0.2) is 48.5 Å². The molecule has 0 heterocycles. The molecule has 0 aliphatic carbocycles. The molecule has 0 atom stereocenters. The fourth-order valence-electron chi connectivity index (χ4n) is 2.45. The molecule has 0 saturated heterocycles. The molecule has 2 rings (SSSR count). The van der Waals surface area contributed by atoms with Crippen molar-refractivity contribution in [3.63, 3.8) is 0 Å². The van der Waals surface area contributed by atoms with Crippen molar-refractivity contribution in [3.05, 3.63) is 65.2 Å². The Bertz CT molecular complexity index is 754. The lowest BCUT2D eigenvalue weighted by atomic mass is 10.0. The Labute approximate surface area is 147 Å². The summed E-state index contributed by atoms with van der Waals surface area (Å²) >= 11 is 0. The Morgan fingerprint density at radius 3 is 2.40 bits per heavy atom. The topological polar surface area (TPSA) is 64.6 Å². The highest BCUT2D eigenvalue weighted by molar-refractivity contribution is 5.94. The lowest BCUT2D eigenvalue weighted by Gasteiger charge is -2.13. The number of benzene rings is 2. The lowest BCUT2D eigenvalue weighted by molar-refractivity contribution is -0.104. The SMILES string of the molecule is COc1cc(/C=C/C=O)c(CCNC(=O)c2ccccc2)cc1OC. The molecule has 0 aliphatic heterocycles. The molecule has 0 spiro atoms. The zero-order valence-electron chi connectivity index (χ0n) is 14.3. The van der Waals surface area contributed by atoms with Gasteiger partial charge in [0.15, 0.2) is 11.5 Å². The summed E-state index contributed by atoms with van der Waals surface area (Å²) < 4.78 is 10.6. The van der Waals surface area contributed by atoms with Gasteiger partial charge in [0.1, 0.15) is 6.29 Å². The molecule has 0 bridgehead atoms. The molecular weight excluding hydrogens is 318 g/mol. The number of ether oxygens (including phenoxy) is 2. The van der Waals surface area contributed by atoms with E-state index < -0.39 is 0 Å². The fourth-order valence-corrected chi connectivity index (χ4v) is 2.45. The number of carbonyl (C=O) groups is 2.